The third-order valence-corrected chi connectivity index (χ3v) is 9.67. The second-order valence-corrected chi connectivity index (χ2v) is 12.0. The number of nitrogens with one attached hydrogen (secondary N) is 1. The fourth-order valence-electron chi connectivity index (χ4n) is 6.80. The summed E-state index contributed by atoms with van der Waals surface area (Å²) in [4.78, 5) is 13.0. The van der Waals surface area contributed by atoms with Crippen LogP contribution in [-0.4, -0.2) is 53.0 Å². The number of anilines is 1. The molecule has 202 valence electrons. The van der Waals surface area contributed by atoms with Crippen molar-refractivity contribution in [1.29, 1.82) is 0 Å². The van der Waals surface area contributed by atoms with E-state index in [0.29, 0.717) is 12.1 Å². The zero-order valence-electron chi connectivity index (χ0n) is 21.7. The van der Waals surface area contributed by atoms with E-state index in [2.05, 4.69) is 39.2 Å². The quantitative estimate of drug-likeness (QED) is 0.338. The van der Waals surface area contributed by atoms with Gasteiger partial charge in [-0.05, 0) is 77.2 Å². The van der Waals surface area contributed by atoms with E-state index in [0.717, 1.165) is 53.5 Å². The highest BCUT2D eigenvalue weighted by Crippen LogP contribution is 2.61. The maximum Gasteiger partial charge on any atom is 0.269 e. The zero-order chi connectivity index (χ0) is 26.6. The van der Waals surface area contributed by atoms with E-state index in [9.17, 15) is 15.2 Å². The summed E-state index contributed by atoms with van der Waals surface area (Å²) in [6.45, 7) is 4.19. The van der Waals surface area contributed by atoms with Gasteiger partial charge in [0.1, 0.15) is 22.1 Å². The highest BCUT2D eigenvalue weighted by atomic mass is 79.9. The Balaban J connectivity index is 1.35. The highest BCUT2D eigenvalue weighted by Gasteiger charge is 2.59. The molecule has 0 bridgehead atoms. The molecule has 2 aliphatic carbocycles. The molecule has 2 heterocycles. The molecule has 0 unspecified atom stereocenters. The second-order valence-electron chi connectivity index (χ2n) is 11.2. The number of halogens is 1. The molecule has 4 atom stereocenters. The Morgan fingerprint density at radius 2 is 2.08 bits per heavy atom. The lowest BCUT2D eigenvalue weighted by atomic mass is 9.59. The Kier molecular flexibility index (Phi) is 6.60. The maximum absolute atomic E-state index is 11.0. The number of rotatable bonds is 7. The summed E-state index contributed by atoms with van der Waals surface area (Å²) >= 11 is 3.77. The van der Waals surface area contributed by atoms with Crippen molar-refractivity contribution in [3.05, 3.63) is 56.0 Å². The molecule has 2 aromatic rings. The van der Waals surface area contributed by atoms with Crippen molar-refractivity contribution in [3.63, 3.8) is 0 Å². The number of aliphatic hydroxyl groups is 1. The van der Waals surface area contributed by atoms with Gasteiger partial charge in [-0.1, -0.05) is 6.92 Å². The average Bonchev–Trinajstić information content (AvgIpc) is 3.68. The van der Waals surface area contributed by atoms with Crippen molar-refractivity contribution >= 4 is 33.0 Å². The van der Waals surface area contributed by atoms with Gasteiger partial charge in [-0.15, -0.1) is 0 Å². The van der Waals surface area contributed by atoms with E-state index < -0.39 is 4.92 Å². The van der Waals surface area contributed by atoms with Crippen molar-refractivity contribution < 1.29 is 19.5 Å². The van der Waals surface area contributed by atoms with Crippen LogP contribution in [0.15, 0.2) is 39.9 Å². The van der Waals surface area contributed by atoms with Crippen molar-refractivity contribution in [2.24, 2.45) is 16.9 Å². The molecule has 6 rings (SSSR count). The van der Waals surface area contributed by atoms with Crippen LogP contribution < -0.4 is 14.9 Å². The van der Waals surface area contributed by atoms with E-state index in [1.54, 1.807) is 19.2 Å². The number of benzene rings is 2. The molecule has 1 spiro atoms. The van der Waals surface area contributed by atoms with Gasteiger partial charge < -0.3 is 14.6 Å². The van der Waals surface area contributed by atoms with Crippen LogP contribution in [0.4, 0.5) is 11.4 Å². The minimum absolute atomic E-state index is 0.0490. The second kappa shape index (κ2) is 9.81. The molecule has 2 N–H and O–H groups in total. The van der Waals surface area contributed by atoms with Gasteiger partial charge in [0.05, 0.1) is 24.3 Å². The number of aliphatic hydroxyl groups excluding tert-OH is 1. The molecule has 0 radical (unpaired) electrons. The van der Waals surface area contributed by atoms with E-state index in [1.807, 2.05) is 0 Å². The normalized spacial score (nSPS) is 29.3. The molecule has 2 aliphatic heterocycles. The summed E-state index contributed by atoms with van der Waals surface area (Å²) in [6, 6.07) is 8.49. The monoisotopic (exact) mass is 584 g/mol. The van der Waals surface area contributed by atoms with Crippen molar-refractivity contribution in [2.45, 2.75) is 63.1 Å². The van der Waals surface area contributed by atoms with E-state index >= 15 is 0 Å². The van der Waals surface area contributed by atoms with Gasteiger partial charge in [-0.25, -0.2) is 0 Å². The fourth-order valence-corrected chi connectivity index (χ4v) is 7.37. The number of methoxy groups -OCH3 is 1. The fraction of sp³-hybridized carbons (Fsp3) is 0.536. The van der Waals surface area contributed by atoms with Crippen LogP contribution in [0.3, 0.4) is 0 Å². The number of nitrogens with zero attached hydrogens (tertiary/aromatic N) is 3. The summed E-state index contributed by atoms with van der Waals surface area (Å²) in [7, 11) is 1.68. The van der Waals surface area contributed by atoms with Crippen LogP contribution in [0.5, 0.6) is 11.5 Å². The van der Waals surface area contributed by atoms with Crippen molar-refractivity contribution in [2.75, 3.05) is 25.7 Å². The Labute approximate surface area is 230 Å². The summed E-state index contributed by atoms with van der Waals surface area (Å²) in [5.41, 5.74) is 7.10. The van der Waals surface area contributed by atoms with E-state index in [4.69, 9.17) is 14.6 Å². The predicted molar refractivity (Wildman–Crippen MR) is 148 cm³/mol. The SMILES string of the molecule is COc1cc2c3c(c1Br)O[C@@H]1CC(=NNc4ccc([N+](=O)[O-])cc4)C[C@@H](C)[C@]31C[C@@H](CO)N(CC1CC1)C2. The molecule has 2 aromatic carbocycles. The van der Waals surface area contributed by atoms with Gasteiger partial charge in [-0.2, -0.15) is 5.10 Å². The standard InChI is InChI=1S/C28H33BrN4O5/c1-16-9-20(31-30-19-5-7-21(8-6-19)33(35)36)11-24-28(16)12-22(15-34)32(13-17-3-4-17)14-18-10-23(37-2)26(29)27(38-24)25(18)28/h5-8,10,16-17,22,24,30,34H,3-4,9,11-15H2,1-2H3/t16-,22+,24-,28+/m1/s1. The van der Waals surface area contributed by atoms with Gasteiger partial charge in [0.2, 0.25) is 0 Å². The lowest BCUT2D eigenvalue weighted by Gasteiger charge is -2.45. The van der Waals surface area contributed by atoms with Crippen LogP contribution in [0.1, 0.15) is 50.2 Å². The van der Waals surface area contributed by atoms with Gasteiger partial charge >= 0.3 is 0 Å². The molecular weight excluding hydrogens is 552 g/mol. The van der Waals surface area contributed by atoms with Crippen LogP contribution in [-0.2, 0) is 12.0 Å². The molecule has 0 amide bonds. The molecule has 2 fully saturated rings. The Hall–Kier alpha value is -2.69. The Morgan fingerprint density at radius 3 is 2.74 bits per heavy atom. The van der Waals surface area contributed by atoms with Gasteiger partial charge in [0, 0.05) is 54.4 Å². The summed E-state index contributed by atoms with van der Waals surface area (Å²) in [6.07, 6.45) is 4.72. The predicted octanol–water partition coefficient (Wildman–Crippen LogP) is 5.24. The number of non-ortho nitro benzene ring substituents is 1. The topological polar surface area (TPSA) is 109 Å². The summed E-state index contributed by atoms with van der Waals surface area (Å²) in [5, 5.41) is 26.3. The lowest BCUT2D eigenvalue weighted by molar-refractivity contribution is -0.384. The third-order valence-electron chi connectivity index (χ3n) is 8.92. The largest absolute Gasteiger partial charge is 0.495 e. The molecule has 9 nitrogen and oxygen atoms in total. The third kappa shape index (κ3) is 4.26. The smallest absolute Gasteiger partial charge is 0.269 e. The average molecular weight is 585 g/mol. The Bertz CT molecular complexity index is 1280. The minimum Gasteiger partial charge on any atom is -0.495 e. The molecule has 38 heavy (non-hydrogen) atoms. The lowest BCUT2D eigenvalue weighted by Crippen LogP contribution is -2.52. The van der Waals surface area contributed by atoms with Gasteiger partial charge in [-0.3, -0.25) is 20.4 Å². The number of hydrogen-bond donors (Lipinski definition) is 2. The molecule has 10 heteroatoms. The summed E-state index contributed by atoms with van der Waals surface area (Å²) < 4.78 is 13.3. The molecule has 4 aliphatic rings. The van der Waals surface area contributed by atoms with E-state index in [-0.39, 0.29) is 35.8 Å². The van der Waals surface area contributed by atoms with Gasteiger partial charge in [0.15, 0.2) is 0 Å². The minimum atomic E-state index is -0.410. The van der Waals surface area contributed by atoms with Crippen LogP contribution >= 0.6 is 15.9 Å². The first kappa shape index (κ1) is 25.6. The number of nitro benzene ring substituents is 1. The molecule has 0 saturated heterocycles. The first-order valence-corrected chi connectivity index (χ1v) is 14.1. The zero-order valence-corrected chi connectivity index (χ0v) is 23.2. The van der Waals surface area contributed by atoms with Crippen molar-refractivity contribution in [1.82, 2.24) is 4.90 Å². The van der Waals surface area contributed by atoms with Crippen LogP contribution in [0.25, 0.3) is 0 Å². The van der Waals surface area contributed by atoms with Gasteiger partial charge in [0.25, 0.3) is 5.69 Å². The van der Waals surface area contributed by atoms with Crippen LogP contribution in [0.2, 0.25) is 0 Å². The van der Waals surface area contributed by atoms with Crippen molar-refractivity contribution in [3.8, 4) is 11.5 Å². The Morgan fingerprint density at radius 1 is 1.32 bits per heavy atom. The van der Waals surface area contributed by atoms with E-state index in [1.165, 1.54) is 36.1 Å². The van der Waals surface area contributed by atoms with Crippen LogP contribution in [0, 0.1) is 22.0 Å². The first-order valence-electron chi connectivity index (χ1n) is 13.3. The molecular formula is C28H33BrN4O5. The maximum atomic E-state index is 11.0. The molecule has 0 aromatic heterocycles. The summed E-state index contributed by atoms with van der Waals surface area (Å²) in [5.74, 6) is 2.59. The number of hydrazone groups is 1. The first-order chi connectivity index (χ1) is 18.3. The number of hydrogen-bond acceptors (Lipinski definition) is 8. The molecule has 2 saturated carbocycles. The number of ether oxygens (including phenoxy) is 2. The highest BCUT2D eigenvalue weighted by molar-refractivity contribution is 9.10. The number of nitro groups is 1.